The number of benzene rings is 2. The van der Waals surface area contributed by atoms with Gasteiger partial charge in [-0.25, -0.2) is 9.97 Å². The number of fused-ring (bicyclic) bond motifs is 1. The van der Waals surface area contributed by atoms with Crippen molar-refractivity contribution in [3.63, 3.8) is 0 Å². The highest BCUT2D eigenvalue weighted by Crippen LogP contribution is 2.38. The van der Waals surface area contributed by atoms with Crippen LogP contribution in [0.4, 0.5) is 36.1 Å². The molecule has 3 heterocycles. The van der Waals surface area contributed by atoms with Gasteiger partial charge in [-0.15, -0.1) is 11.3 Å². The molecule has 224 valence electrons. The summed E-state index contributed by atoms with van der Waals surface area (Å²) in [5, 5.41) is 10.7. The molecule has 2 aliphatic rings. The first-order chi connectivity index (χ1) is 20.6. The molecular formula is C30H30F3N7O2S. The Morgan fingerprint density at radius 1 is 0.977 bits per heavy atom. The number of nitrogens with zero attached hydrogens (tertiary/aromatic N) is 4. The molecule has 4 aromatic rings. The summed E-state index contributed by atoms with van der Waals surface area (Å²) in [5.41, 5.74) is 1.58. The molecule has 3 N–H and O–H groups in total. The number of halogens is 3. The van der Waals surface area contributed by atoms with E-state index in [2.05, 4.69) is 30.8 Å². The zero-order chi connectivity index (χ0) is 30.3. The smallest absolute Gasteiger partial charge is 0.368 e. The fraction of sp³-hybridized carbons (Fsp3) is 0.333. The van der Waals surface area contributed by atoms with E-state index in [4.69, 9.17) is 0 Å². The van der Waals surface area contributed by atoms with Crippen LogP contribution in [-0.4, -0.2) is 66.0 Å². The molecule has 1 saturated heterocycles. The molecule has 2 aromatic carbocycles. The first kappa shape index (κ1) is 28.9. The summed E-state index contributed by atoms with van der Waals surface area (Å²) >= 11 is 1.38. The Morgan fingerprint density at radius 2 is 1.74 bits per heavy atom. The van der Waals surface area contributed by atoms with Gasteiger partial charge in [0.25, 0.3) is 11.8 Å². The van der Waals surface area contributed by atoms with Gasteiger partial charge in [0.1, 0.15) is 12.1 Å². The number of thiophene rings is 1. The highest BCUT2D eigenvalue weighted by molar-refractivity contribution is 7.18. The van der Waals surface area contributed by atoms with Crippen molar-refractivity contribution in [2.75, 3.05) is 54.1 Å². The van der Waals surface area contributed by atoms with Crippen molar-refractivity contribution in [2.24, 2.45) is 0 Å². The van der Waals surface area contributed by atoms with E-state index in [0.29, 0.717) is 60.5 Å². The lowest BCUT2D eigenvalue weighted by molar-refractivity contribution is -0.137. The molecule has 2 fully saturated rings. The van der Waals surface area contributed by atoms with Crippen LogP contribution in [0.1, 0.15) is 44.7 Å². The lowest BCUT2D eigenvalue weighted by Gasteiger charge is -2.35. The van der Waals surface area contributed by atoms with E-state index >= 15 is 0 Å². The Bertz CT molecular complexity index is 1700. The van der Waals surface area contributed by atoms with E-state index < -0.39 is 17.6 Å². The molecule has 13 heteroatoms. The summed E-state index contributed by atoms with van der Waals surface area (Å²) in [5.74, 6) is -0.348. The fourth-order valence-corrected chi connectivity index (χ4v) is 5.94. The summed E-state index contributed by atoms with van der Waals surface area (Å²) < 4.78 is 42.9. The predicted octanol–water partition coefficient (Wildman–Crippen LogP) is 5.85. The van der Waals surface area contributed by atoms with Crippen molar-refractivity contribution in [2.45, 2.75) is 32.0 Å². The fourth-order valence-electron chi connectivity index (χ4n) is 4.99. The molecule has 0 unspecified atom stereocenters. The highest BCUT2D eigenvalue weighted by atomic mass is 32.1. The Balaban J connectivity index is 1.19. The molecule has 1 aliphatic heterocycles. The number of aryl methyl sites for hydroxylation is 1. The van der Waals surface area contributed by atoms with E-state index in [0.717, 1.165) is 29.2 Å². The molecule has 43 heavy (non-hydrogen) atoms. The maximum Gasteiger partial charge on any atom is 0.418 e. The molecule has 6 rings (SSSR count). The van der Waals surface area contributed by atoms with Gasteiger partial charge >= 0.3 is 6.18 Å². The maximum atomic E-state index is 14.0. The van der Waals surface area contributed by atoms with Gasteiger partial charge in [0, 0.05) is 60.2 Å². The highest BCUT2D eigenvalue weighted by Gasteiger charge is 2.36. The van der Waals surface area contributed by atoms with Crippen LogP contribution in [0.15, 0.2) is 48.1 Å². The number of anilines is 4. The molecule has 0 bridgehead atoms. The maximum absolute atomic E-state index is 14.0. The molecule has 2 amide bonds. The van der Waals surface area contributed by atoms with E-state index in [9.17, 15) is 22.8 Å². The van der Waals surface area contributed by atoms with Gasteiger partial charge < -0.3 is 25.8 Å². The molecule has 0 atom stereocenters. The lowest BCUT2D eigenvalue weighted by atomic mass is 10.1. The minimum atomic E-state index is -4.62. The summed E-state index contributed by atoms with van der Waals surface area (Å²) in [6.07, 6.45) is -1.02. The van der Waals surface area contributed by atoms with Crippen LogP contribution in [-0.2, 0) is 6.18 Å². The number of alkyl halides is 3. The number of hydrogen-bond donors (Lipinski definition) is 3. The normalized spacial score (nSPS) is 15.9. The number of hydrogen-bond acceptors (Lipinski definition) is 8. The van der Waals surface area contributed by atoms with E-state index in [1.54, 1.807) is 35.4 Å². The van der Waals surface area contributed by atoms with E-state index in [-0.39, 0.29) is 17.2 Å². The van der Waals surface area contributed by atoms with Gasteiger partial charge in [-0.3, -0.25) is 9.59 Å². The monoisotopic (exact) mass is 609 g/mol. The molecule has 2 aromatic heterocycles. The summed E-state index contributed by atoms with van der Waals surface area (Å²) in [6.45, 7) is 4.05. The van der Waals surface area contributed by atoms with Gasteiger partial charge in [0.05, 0.1) is 21.3 Å². The van der Waals surface area contributed by atoms with Crippen molar-refractivity contribution in [3.05, 3.63) is 70.4 Å². The van der Waals surface area contributed by atoms with Gasteiger partial charge in [-0.1, -0.05) is 6.07 Å². The molecule has 0 spiro atoms. The lowest BCUT2D eigenvalue weighted by Crippen LogP contribution is -2.45. The van der Waals surface area contributed by atoms with Crippen molar-refractivity contribution in [1.29, 1.82) is 0 Å². The van der Waals surface area contributed by atoms with Crippen molar-refractivity contribution >= 4 is 56.2 Å². The zero-order valence-corrected chi connectivity index (χ0v) is 24.4. The molecule has 1 saturated carbocycles. The van der Waals surface area contributed by atoms with Gasteiger partial charge in [0.2, 0.25) is 0 Å². The average Bonchev–Trinajstić information content (AvgIpc) is 3.68. The van der Waals surface area contributed by atoms with Crippen LogP contribution in [0.25, 0.3) is 10.2 Å². The number of carbonyl (C=O) groups is 2. The second-order valence-electron chi connectivity index (χ2n) is 10.9. The minimum absolute atomic E-state index is 0.0687. The minimum Gasteiger partial charge on any atom is -0.368 e. The number of nitrogens with one attached hydrogen (secondary N) is 3. The Labute approximate surface area is 250 Å². The number of rotatable bonds is 7. The van der Waals surface area contributed by atoms with Gasteiger partial charge in [0.15, 0.2) is 0 Å². The van der Waals surface area contributed by atoms with Crippen LogP contribution in [0, 0.1) is 6.92 Å². The van der Waals surface area contributed by atoms with Crippen molar-refractivity contribution in [3.8, 4) is 0 Å². The first-order valence-corrected chi connectivity index (χ1v) is 14.8. The largest absolute Gasteiger partial charge is 0.418 e. The quantitative estimate of drug-likeness (QED) is 0.242. The standard InChI is InChI=1S/C30H30F3N7O2S/c1-17-3-5-20(14-23(17)38-29(42)21-15-43-26-25(21)34-16-35-27(26)36-19-6-7-19)37-28(41)18-4-8-24(22(13-18)30(31,32)33)40-11-9-39(2)10-12-40/h3-5,8,13-16,19H,6-7,9-12H2,1-2H3,(H,37,41)(H,38,42)(H,34,35,36). The second-order valence-corrected chi connectivity index (χ2v) is 11.8. The SMILES string of the molecule is Cc1ccc(NC(=O)c2ccc(N3CCN(C)CC3)c(C(F)(F)F)c2)cc1NC(=O)c1csc2c(NC3CC3)ncnc12. The summed E-state index contributed by atoms with van der Waals surface area (Å²) in [4.78, 5) is 38.8. The number of likely N-dealkylation sites (N-methyl/N-ethyl adjacent to an activating group) is 1. The van der Waals surface area contributed by atoms with Crippen LogP contribution in [0.5, 0.6) is 0 Å². The number of carbonyl (C=O) groups excluding carboxylic acids is 2. The zero-order valence-electron chi connectivity index (χ0n) is 23.6. The molecule has 0 radical (unpaired) electrons. The molecular weight excluding hydrogens is 579 g/mol. The Hall–Kier alpha value is -4.23. The number of aromatic nitrogens is 2. The second kappa shape index (κ2) is 11.5. The Morgan fingerprint density at radius 3 is 2.47 bits per heavy atom. The summed E-state index contributed by atoms with van der Waals surface area (Å²) in [6, 6.07) is 9.00. The Kier molecular flexibility index (Phi) is 7.69. The molecule has 9 nitrogen and oxygen atoms in total. The third-order valence-corrected chi connectivity index (χ3v) is 8.64. The van der Waals surface area contributed by atoms with Crippen LogP contribution < -0.4 is 20.9 Å². The first-order valence-electron chi connectivity index (χ1n) is 13.9. The molecule has 1 aliphatic carbocycles. The van der Waals surface area contributed by atoms with E-state index in [1.807, 2.05) is 7.05 Å². The third-order valence-electron chi connectivity index (χ3n) is 7.67. The van der Waals surface area contributed by atoms with Crippen LogP contribution in [0.2, 0.25) is 0 Å². The van der Waals surface area contributed by atoms with E-state index in [1.165, 1.54) is 29.8 Å². The van der Waals surface area contributed by atoms with Crippen molar-refractivity contribution in [1.82, 2.24) is 14.9 Å². The summed E-state index contributed by atoms with van der Waals surface area (Å²) in [7, 11) is 1.93. The van der Waals surface area contributed by atoms with Gasteiger partial charge in [-0.2, -0.15) is 13.2 Å². The van der Waals surface area contributed by atoms with Crippen LogP contribution in [0.3, 0.4) is 0 Å². The van der Waals surface area contributed by atoms with Crippen LogP contribution >= 0.6 is 11.3 Å². The predicted molar refractivity (Wildman–Crippen MR) is 162 cm³/mol. The van der Waals surface area contributed by atoms with Gasteiger partial charge in [-0.05, 0) is 62.7 Å². The number of amides is 2. The third kappa shape index (κ3) is 6.27. The topological polar surface area (TPSA) is 102 Å². The number of piperazine rings is 1. The van der Waals surface area contributed by atoms with Crippen molar-refractivity contribution < 1.29 is 22.8 Å². The average molecular weight is 610 g/mol.